The van der Waals surface area contributed by atoms with Crippen LogP contribution in [0.5, 0.6) is 0 Å². The van der Waals surface area contributed by atoms with Gasteiger partial charge in [-0.3, -0.25) is 14.4 Å². The van der Waals surface area contributed by atoms with Crippen LogP contribution in [0.3, 0.4) is 0 Å². The number of hydrogen-bond acceptors (Lipinski definition) is 5. The second-order valence-electron chi connectivity index (χ2n) is 11.3. The molecular formula is C30H38N6O3. The molecule has 3 amide bonds. The van der Waals surface area contributed by atoms with Crippen molar-refractivity contribution >= 4 is 40.1 Å². The zero-order valence-corrected chi connectivity index (χ0v) is 23.2. The van der Waals surface area contributed by atoms with E-state index in [0.29, 0.717) is 30.0 Å². The van der Waals surface area contributed by atoms with E-state index in [0.717, 1.165) is 66.5 Å². The Morgan fingerprint density at radius 2 is 1.87 bits per heavy atom. The van der Waals surface area contributed by atoms with Gasteiger partial charge in [-0.15, -0.1) is 0 Å². The Morgan fingerprint density at radius 1 is 1.08 bits per heavy atom. The number of carbonyl (C=O) groups excluding carboxylic acids is 3. The summed E-state index contributed by atoms with van der Waals surface area (Å²) in [5.74, 6) is -0.354. The first kappa shape index (κ1) is 26.7. The number of anilines is 2. The largest absolute Gasteiger partial charge is 0.386 e. The van der Waals surface area contributed by atoms with Crippen molar-refractivity contribution in [1.82, 2.24) is 20.2 Å². The quantitative estimate of drug-likeness (QED) is 0.389. The number of nitrogens with zero attached hydrogens (tertiary/aromatic N) is 2. The molecule has 2 aliphatic heterocycles. The van der Waals surface area contributed by atoms with Gasteiger partial charge in [-0.25, -0.2) is 4.98 Å². The van der Waals surface area contributed by atoms with E-state index in [1.165, 1.54) is 0 Å². The number of aryl methyl sites for hydroxylation is 1. The van der Waals surface area contributed by atoms with Gasteiger partial charge in [0, 0.05) is 36.5 Å². The van der Waals surface area contributed by atoms with Gasteiger partial charge in [-0.1, -0.05) is 33.1 Å². The van der Waals surface area contributed by atoms with Gasteiger partial charge in [0.15, 0.2) is 0 Å². The third-order valence-corrected chi connectivity index (χ3v) is 8.02. The van der Waals surface area contributed by atoms with Crippen molar-refractivity contribution in [2.45, 2.75) is 71.9 Å². The number of rotatable bonds is 3. The lowest BCUT2D eigenvalue weighted by Gasteiger charge is -2.26. The van der Waals surface area contributed by atoms with E-state index in [2.05, 4.69) is 21.3 Å². The highest BCUT2D eigenvalue weighted by Crippen LogP contribution is 2.31. The molecule has 2 aliphatic rings. The van der Waals surface area contributed by atoms with Crippen molar-refractivity contribution in [2.24, 2.45) is 5.41 Å². The zero-order valence-electron chi connectivity index (χ0n) is 23.2. The van der Waals surface area contributed by atoms with Gasteiger partial charge in [-0.05, 0) is 62.1 Å². The van der Waals surface area contributed by atoms with Crippen LogP contribution in [-0.4, -0.2) is 40.9 Å². The molecule has 0 aliphatic carbocycles. The summed E-state index contributed by atoms with van der Waals surface area (Å²) < 4.78 is 1.99. The number of fused-ring (bicyclic) bond motifs is 2. The monoisotopic (exact) mass is 530 g/mol. The lowest BCUT2D eigenvalue weighted by Crippen LogP contribution is -2.38. The van der Waals surface area contributed by atoms with Crippen molar-refractivity contribution in [1.29, 1.82) is 0 Å². The number of nitrogens with one attached hydrogen (secondary N) is 4. The molecular weight excluding hydrogens is 492 g/mol. The summed E-state index contributed by atoms with van der Waals surface area (Å²) >= 11 is 0. The van der Waals surface area contributed by atoms with Gasteiger partial charge in [0.05, 0.1) is 23.1 Å². The second kappa shape index (κ2) is 10.7. The molecule has 1 aromatic carbocycles. The Bertz CT molecular complexity index is 1440. The number of hydrogen-bond donors (Lipinski definition) is 4. The first-order valence-electron chi connectivity index (χ1n) is 13.9. The lowest BCUT2D eigenvalue weighted by atomic mass is 9.85. The molecule has 39 heavy (non-hydrogen) atoms. The SMILES string of the molecule is CNc1cc2c(cc1NC(=O)c1cc3ccc4nc3n1CCCCCCC(C)(C)C(=O)N[C@@H]4C)C(=O)NCC2. The van der Waals surface area contributed by atoms with Crippen LogP contribution < -0.4 is 21.3 Å². The third kappa shape index (κ3) is 5.35. The Hall–Kier alpha value is -3.88. The molecule has 9 nitrogen and oxygen atoms in total. The topological polar surface area (TPSA) is 117 Å². The molecule has 0 saturated heterocycles. The lowest BCUT2D eigenvalue weighted by molar-refractivity contribution is -0.130. The van der Waals surface area contributed by atoms with E-state index in [1.807, 2.05) is 49.6 Å². The second-order valence-corrected chi connectivity index (χ2v) is 11.3. The Labute approximate surface area is 229 Å². The summed E-state index contributed by atoms with van der Waals surface area (Å²) in [6.45, 7) is 7.22. The molecule has 5 rings (SSSR count). The van der Waals surface area contributed by atoms with E-state index >= 15 is 0 Å². The zero-order chi connectivity index (χ0) is 27.7. The molecule has 2 bridgehead atoms. The fourth-order valence-electron chi connectivity index (χ4n) is 5.53. The standard InChI is InChI=1S/C30H38N6O3/c1-18-22-10-9-20-16-25(28(38)35-24-17-21-19(15-23(24)31-4)11-13-32-27(21)37)36(26(20)34-22)14-8-6-5-7-12-30(2,3)29(39)33-18/h9-10,15-18,31H,5-8,11-14H2,1-4H3,(H,32,37)(H,33,39)(H,35,38)/t18-/m1/s1. The summed E-state index contributed by atoms with van der Waals surface area (Å²) in [6, 6.07) is 9.18. The van der Waals surface area contributed by atoms with Crippen molar-refractivity contribution in [2.75, 3.05) is 24.2 Å². The van der Waals surface area contributed by atoms with Gasteiger partial charge >= 0.3 is 0 Å². The molecule has 4 heterocycles. The molecule has 9 heteroatoms. The molecule has 0 fully saturated rings. The summed E-state index contributed by atoms with van der Waals surface area (Å²) in [7, 11) is 1.80. The predicted molar refractivity (Wildman–Crippen MR) is 153 cm³/mol. The highest BCUT2D eigenvalue weighted by atomic mass is 16.2. The molecule has 4 N–H and O–H groups in total. The Kier molecular flexibility index (Phi) is 7.34. The molecule has 0 spiro atoms. The van der Waals surface area contributed by atoms with Crippen molar-refractivity contribution in [3.63, 3.8) is 0 Å². The molecule has 0 saturated carbocycles. The highest BCUT2D eigenvalue weighted by Gasteiger charge is 2.29. The van der Waals surface area contributed by atoms with E-state index < -0.39 is 5.41 Å². The summed E-state index contributed by atoms with van der Waals surface area (Å²) in [4.78, 5) is 44.1. The number of amides is 3. The van der Waals surface area contributed by atoms with Gasteiger partial charge in [0.2, 0.25) is 5.91 Å². The minimum absolute atomic E-state index is 0.0310. The summed E-state index contributed by atoms with van der Waals surface area (Å²) in [6.07, 6.45) is 5.48. The maximum Gasteiger partial charge on any atom is 0.272 e. The van der Waals surface area contributed by atoms with Crippen molar-refractivity contribution < 1.29 is 14.4 Å². The average Bonchev–Trinajstić information content (AvgIpc) is 3.28. The van der Waals surface area contributed by atoms with E-state index in [4.69, 9.17) is 4.98 Å². The van der Waals surface area contributed by atoms with E-state index in [9.17, 15) is 14.4 Å². The molecule has 0 unspecified atom stereocenters. The average molecular weight is 531 g/mol. The van der Waals surface area contributed by atoms with Crippen LogP contribution >= 0.6 is 0 Å². The highest BCUT2D eigenvalue weighted by molar-refractivity contribution is 6.08. The first-order valence-corrected chi connectivity index (χ1v) is 13.9. The van der Waals surface area contributed by atoms with Crippen LogP contribution in [0.25, 0.3) is 11.0 Å². The number of pyridine rings is 1. The molecule has 206 valence electrons. The molecule has 2 aromatic heterocycles. The summed E-state index contributed by atoms with van der Waals surface area (Å²) in [5.41, 5.74) is 4.45. The fourth-order valence-corrected chi connectivity index (χ4v) is 5.53. The van der Waals surface area contributed by atoms with Crippen molar-refractivity contribution in [3.8, 4) is 0 Å². The maximum atomic E-state index is 13.7. The number of aromatic nitrogens is 2. The van der Waals surface area contributed by atoms with E-state index in [1.54, 1.807) is 13.1 Å². The van der Waals surface area contributed by atoms with Crippen LogP contribution in [-0.2, 0) is 17.8 Å². The van der Waals surface area contributed by atoms with E-state index in [-0.39, 0.29) is 23.8 Å². The van der Waals surface area contributed by atoms with Gasteiger partial charge < -0.3 is 25.8 Å². The molecule has 0 radical (unpaired) electrons. The first-order chi connectivity index (χ1) is 18.7. The van der Waals surface area contributed by atoms with Crippen LogP contribution in [0.1, 0.15) is 91.0 Å². The molecule has 3 aromatic rings. The van der Waals surface area contributed by atoms with Crippen LogP contribution in [0.15, 0.2) is 30.3 Å². The minimum Gasteiger partial charge on any atom is -0.386 e. The molecule has 1 atom stereocenters. The number of carbonyl (C=O) groups is 3. The van der Waals surface area contributed by atoms with Gasteiger partial charge in [0.1, 0.15) is 11.3 Å². The maximum absolute atomic E-state index is 13.7. The van der Waals surface area contributed by atoms with Crippen LogP contribution in [0.2, 0.25) is 0 Å². The number of benzene rings is 1. The Balaban J connectivity index is 1.50. The normalized spacial score (nSPS) is 19.5. The van der Waals surface area contributed by atoms with Crippen molar-refractivity contribution in [3.05, 3.63) is 52.8 Å². The van der Waals surface area contributed by atoms with Crippen LogP contribution in [0.4, 0.5) is 11.4 Å². The Morgan fingerprint density at radius 3 is 2.67 bits per heavy atom. The van der Waals surface area contributed by atoms with Crippen LogP contribution in [0, 0.1) is 5.41 Å². The third-order valence-electron chi connectivity index (χ3n) is 8.02. The summed E-state index contributed by atoms with van der Waals surface area (Å²) in [5, 5.41) is 13.1. The minimum atomic E-state index is -0.433. The van der Waals surface area contributed by atoms with Gasteiger partial charge in [0.25, 0.3) is 11.8 Å². The fraction of sp³-hybridized carbons (Fsp3) is 0.467. The smallest absolute Gasteiger partial charge is 0.272 e. The predicted octanol–water partition coefficient (Wildman–Crippen LogP) is 4.78. The van der Waals surface area contributed by atoms with Gasteiger partial charge in [-0.2, -0.15) is 0 Å².